The van der Waals surface area contributed by atoms with Gasteiger partial charge < -0.3 is 4.90 Å². The summed E-state index contributed by atoms with van der Waals surface area (Å²) in [4.78, 5) is 4.23. The molecule has 0 atom stereocenters. The Balaban J connectivity index is 2.05. The quantitative estimate of drug-likeness (QED) is 0.779. The molecule has 19 heavy (non-hydrogen) atoms. The van der Waals surface area contributed by atoms with Gasteiger partial charge in [0.25, 0.3) is 0 Å². The van der Waals surface area contributed by atoms with E-state index in [0.717, 1.165) is 38.8 Å². The van der Waals surface area contributed by atoms with Gasteiger partial charge in [0.1, 0.15) is 0 Å². The number of rotatable bonds is 3. The number of alkyl halides is 3. The van der Waals surface area contributed by atoms with Crippen molar-refractivity contribution >= 4 is 5.69 Å². The summed E-state index contributed by atoms with van der Waals surface area (Å²) in [5, 5.41) is 0. The molecular weight excluding hydrogens is 253 g/mol. The van der Waals surface area contributed by atoms with Gasteiger partial charge in [0.05, 0.1) is 5.56 Å². The van der Waals surface area contributed by atoms with Crippen LogP contribution in [0, 0.1) is 0 Å². The van der Waals surface area contributed by atoms with Gasteiger partial charge in [0.2, 0.25) is 0 Å². The second-order valence-electron chi connectivity index (χ2n) is 4.62. The van der Waals surface area contributed by atoms with Gasteiger partial charge in [-0.15, -0.1) is 6.58 Å². The van der Waals surface area contributed by atoms with Crippen molar-refractivity contribution in [2.45, 2.75) is 6.18 Å². The molecule has 1 aliphatic heterocycles. The summed E-state index contributed by atoms with van der Waals surface area (Å²) in [5.74, 6) is 0. The van der Waals surface area contributed by atoms with Crippen LogP contribution in [0.1, 0.15) is 5.56 Å². The SMILES string of the molecule is C=CCN1CCN(c2cccc(C(F)(F)F)c2)CC1. The molecule has 2 nitrogen and oxygen atoms in total. The van der Waals surface area contributed by atoms with Gasteiger partial charge in [-0.1, -0.05) is 12.1 Å². The molecule has 1 aromatic rings. The standard InChI is InChI=1S/C14H17F3N2/c1-2-6-18-7-9-19(10-8-18)13-5-3-4-12(11-13)14(15,16)17/h2-5,11H,1,6-10H2. The summed E-state index contributed by atoms with van der Waals surface area (Å²) in [6.07, 6.45) is -2.43. The van der Waals surface area contributed by atoms with Gasteiger partial charge in [-0.2, -0.15) is 13.2 Å². The Hall–Kier alpha value is -1.49. The summed E-state index contributed by atoms with van der Waals surface area (Å²) in [6.45, 7) is 7.71. The Morgan fingerprint density at radius 2 is 1.84 bits per heavy atom. The maximum Gasteiger partial charge on any atom is 0.416 e. The maximum atomic E-state index is 12.7. The van der Waals surface area contributed by atoms with Crippen LogP contribution in [-0.2, 0) is 6.18 Å². The van der Waals surface area contributed by atoms with E-state index in [1.54, 1.807) is 6.07 Å². The van der Waals surface area contributed by atoms with Gasteiger partial charge in [0.15, 0.2) is 0 Å². The first-order chi connectivity index (χ1) is 9.00. The largest absolute Gasteiger partial charge is 0.416 e. The van der Waals surface area contributed by atoms with Crippen molar-refractivity contribution < 1.29 is 13.2 Å². The molecule has 0 unspecified atom stereocenters. The third kappa shape index (κ3) is 3.50. The Morgan fingerprint density at radius 1 is 1.16 bits per heavy atom. The molecule has 2 rings (SSSR count). The Bertz CT molecular complexity index is 435. The molecule has 1 aromatic carbocycles. The summed E-state index contributed by atoms with van der Waals surface area (Å²) in [6, 6.07) is 5.54. The van der Waals surface area contributed by atoms with Crippen molar-refractivity contribution in [3.8, 4) is 0 Å². The first-order valence-electron chi connectivity index (χ1n) is 6.26. The van der Waals surface area contributed by atoms with E-state index in [9.17, 15) is 13.2 Å². The lowest BCUT2D eigenvalue weighted by Crippen LogP contribution is -2.46. The second kappa shape index (κ2) is 5.65. The fraction of sp³-hybridized carbons (Fsp3) is 0.429. The lowest BCUT2D eigenvalue weighted by Gasteiger charge is -2.35. The van der Waals surface area contributed by atoms with E-state index in [1.807, 2.05) is 11.0 Å². The van der Waals surface area contributed by atoms with E-state index in [2.05, 4.69) is 11.5 Å². The highest BCUT2D eigenvalue weighted by molar-refractivity contribution is 5.49. The third-order valence-electron chi connectivity index (χ3n) is 3.30. The highest BCUT2D eigenvalue weighted by Crippen LogP contribution is 2.31. The first-order valence-corrected chi connectivity index (χ1v) is 6.26. The van der Waals surface area contributed by atoms with Crippen LogP contribution in [-0.4, -0.2) is 37.6 Å². The lowest BCUT2D eigenvalue weighted by atomic mass is 10.1. The molecule has 0 spiro atoms. The minimum Gasteiger partial charge on any atom is -0.369 e. The molecular formula is C14H17F3N2. The number of anilines is 1. The lowest BCUT2D eigenvalue weighted by molar-refractivity contribution is -0.137. The molecule has 5 heteroatoms. The molecule has 1 saturated heterocycles. The van der Waals surface area contributed by atoms with Crippen molar-refractivity contribution in [1.29, 1.82) is 0 Å². The van der Waals surface area contributed by atoms with Gasteiger partial charge in [-0.25, -0.2) is 0 Å². The normalized spacial score (nSPS) is 17.5. The fourth-order valence-electron chi connectivity index (χ4n) is 2.25. The Labute approximate surface area is 111 Å². The molecule has 1 aliphatic rings. The monoisotopic (exact) mass is 270 g/mol. The zero-order valence-electron chi connectivity index (χ0n) is 10.7. The van der Waals surface area contributed by atoms with Crippen molar-refractivity contribution in [3.63, 3.8) is 0 Å². The van der Waals surface area contributed by atoms with Crippen LogP contribution in [0.15, 0.2) is 36.9 Å². The number of benzene rings is 1. The van der Waals surface area contributed by atoms with Crippen LogP contribution >= 0.6 is 0 Å². The van der Waals surface area contributed by atoms with Gasteiger partial charge in [-0.3, -0.25) is 4.90 Å². The molecule has 1 heterocycles. The summed E-state index contributed by atoms with van der Waals surface area (Å²) in [7, 11) is 0. The van der Waals surface area contributed by atoms with Crippen LogP contribution in [0.25, 0.3) is 0 Å². The zero-order valence-corrected chi connectivity index (χ0v) is 10.7. The van der Waals surface area contributed by atoms with E-state index in [1.165, 1.54) is 12.1 Å². The Kier molecular flexibility index (Phi) is 4.14. The zero-order chi connectivity index (χ0) is 13.9. The molecule has 0 aromatic heterocycles. The smallest absolute Gasteiger partial charge is 0.369 e. The topological polar surface area (TPSA) is 6.48 Å². The average Bonchev–Trinajstić information content (AvgIpc) is 2.39. The summed E-state index contributed by atoms with van der Waals surface area (Å²) < 4.78 is 38.0. The number of piperazine rings is 1. The van der Waals surface area contributed by atoms with E-state index >= 15 is 0 Å². The van der Waals surface area contributed by atoms with Crippen molar-refractivity contribution in [2.24, 2.45) is 0 Å². The second-order valence-corrected chi connectivity index (χ2v) is 4.62. The van der Waals surface area contributed by atoms with Crippen molar-refractivity contribution in [2.75, 3.05) is 37.6 Å². The number of halogens is 3. The predicted octanol–water partition coefficient (Wildman–Crippen LogP) is 3.01. The molecule has 104 valence electrons. The minimum atomic E-state index is -4.28. The molecule has 0 bridgehead atoms. The van der Waals surface area contributed by atoms with Crippen LogP contribution in [0.4, 0.5) is 18.9 Å². The van der Waals surface area contributed by atoms with E-state index in [0.29, 0.717) is 5.69 Å². The molecule has 0 saturated carbocycles. The third-order valence-corrected chi connectivity index (χ3v) is 3.30. The molecule has 0 radical (unpaired) electrons. The number of hydrogen-bond acceptors (Lipinski definition) is 2. The Morgan fingerprint density at radius 3 is 2.42 bits per heavy atom. The molecule has 0 amide bonds. The maximum absolute atomic E-state index is 12.7. The first kappa shape index (κ1) is 13.9. The van der Waals surface area contributed by atoms with Crippen LogP contribution < -0.4 is 4.90 Å². The van der Waals surface area contributed by atoms with E-state index in [4.69, 9.17) is 0 Å². The van der Waals surface area contributed by atoms with Crippen LogP contribution in [0.5, 0.6) is 0 Å². The number of hydrogen-bond donors (Lipinski definition) is 0. The van der Waals surface area contributed by atoms with Gasteiger partial charge >= 0.3 is 6.18 Å². The average molecular weight is 270 g/mol. The summed E-state index contributed by atoms with van der Waals surface area (Å²) in [5.41, 5.74) is 0.0617. The highest BCUT2D eigenvalue weighted by atomic mass is 19.4. The predicted molar refractivity (Wildman–Crippen MR) is 70.3 cm³/mol. The van der Waals surface area contributed by atoms with Gasteiger partial charge in [-0.05, 0) is 18.2 Å². The molecule has 0 N–H and O–H groups in total. The molecule has 0 aliphatic carbocycles. The molecule has 1 fully saturated rings. The fourth-order valence-corrected chi connectivity index (χ4v) is 2.25. The van der Waals surface area contributed by atoms with Crippen molar-refractivity contribution in [1.82, 2.24) is 4.90 Å². The summed E-state index contributed by atoms with van der Waals surface area (Å²) >= 11 is 0. The van der Waals surface area contributed by atoms with E-state index < -0.39 is 11.7 Å². The highest BCUT2D eigenvalue weighted by Gasteiger charge is 2.31. The number of nitrogens with zero attached hydrogens (tertiary/aromatic N) is 2. The van der Waals surface area contributed by atoms with Crippen molar-refractivity contribution in [3.05, 3.63) is 42.5 Å². The van der Waals surface area contributed by atoms with Crippen LogP contribution in [0.2, 0.25) is 0 Å². The van der Waals surface area contributed by atoms with Crippen LogP contribution in [0.3, 0.4) is 0 Å². The minimum absolute atomic E-state index is 0.585. The van der Waals surface area contributed by atoms with Gasteiger partial charge in [0, 0.05) is 38.4 Å². The van der Waals surface area contributed by atoms with E-state index in [-0.39, 0.29) is 0 Å².